The van der Waals surface area contributed by atoms with Crippen molar-refractivity contribution in [3.63, 3.8) is 0 Å². The Kier molecular flexibility index (Phi) is 11.6. The number of Topliss-reactive ketones (excluding diaryl/α,β-unsaturated/α-hetero) is 1. The van der Waals surface area contributed by atoms with E-state index in [-0.39, 0.29) is 17.8 Å². The predicted octanol–water partition coefficient (Wildman–Crippen LogP) is 8.50. The van der Waals surface area contributed by atoms with Gasteiger partial charge in [-0.15, -0.1) is 0 Å². The zero-order valence-corrected chi connectivity index (χ0v) is 27.3. The normalized spacial score (nSPS) is 12.1. The van der Waals surface area contributed by atoms with E-state index < -0.39 is 30.1 Å². The van der Waals surface area contributed by atoms with E-state index >= 15 is 0 Å². The van der Waals surface area contributed by atoms with Gasteiger partial charge in [-0.05, 0) is 64.6 Å². The van der Waals surface area contributed by atoms with Gasteiger partial charge in [-0.1, -0.05) is 116 Å². The van der Waals surface area contributed by atoms with Crippen LogP contribution in [0.4, 0.5) is 0 Å². The van der Waals surface area contributed by atoms with Crippen LogP contribution in [0.1, 0.15) is 74.6 Å². The van der Waals surface area contributed by atoms with Crippen LogP contribution < -0.4 is 4.74 Å². The van der Waals surface area contributed by atoms with E-state index in [1.807, 2.05) is 84.9 Å². The standard InChI is InChI=1S/C42H36O7/c1-3-30-18-21-33(22-19-30)38(44)28-32-16-14-31(15-17-32)20-27-39(45)48-40(34-10-6-4-7-11-34)41(35-12-8-5-9-13-35)49-42(46)36-23-25-37(26-24-36)47-29(2)43/h4-27,40-41H,3,28H2,1-2H3/b27-20+/t40-,41-/m1/s1. The first-order valence-corrected chi connectivity index (χ1v) is 16.0. The summed E-state index contributed by atoms with van der Waals surface area (Å²) in [6.07, 6.45) is 2.17. The van der Waals surface area contributed by atoms with E-state index in [4.69, 9.17) is 14.2 Å². The monoisotopic (exact) mass is 652 g/mol. The van der Waals surface area contributed by atoms with Crippen LogP contribution in [-0.2, 0) is 31.9 Å². The Labute approximate surface area is 285 Å². The van der Waals surface area contributed by atoms with Gasteiger partial charge in [-0.3, -0.25) is 9.59 Å². The number of ether oxygens (including phenoxy) is 3. The summed E-state index contributed by atoms with van der Waals surface area (Å²) in [5, 5.41) is 0. The van der Waals surface area contributed by atoms with Crippen molar-refractivity contribution in [2.45, 2.75) is 38.9 Å². The molecule has 5 rings (SSSR count). The lowest BCUT2D eigenvalue weighted by molar-refractivity contribution is -0.150. The van der Waals surface area contributed by atoms with Gasteiger partial charge in [0.05, 0.1) is 5.56 Å². The molecule has 5 aromatic carbocycles. The third kappa shape index (κ3) is 9.72. The fourth-order valence-corrected chi connectivity index (χ4v) is 5.19. The first-order chi connectivity index (χ1) is 23.8. The molecule has 49 heavy (non-hydrogen) atoms. The minimum absolute atomic E-state index is 0.0363. The second-order valence-corrected chi connectivity index (χ2v) is 11.3. The van der Waals surface area contributed by atoms with Crippen LogP contribution in [0.15, 0.2) is 140 Å². The van der Waals surface area contributed by atoms with Gasteiger partial charge in [-0.2, -0.15) is 0 Å². The molecule has 0 radical (unpaired) electrons. The molecule has 0 aliphatic carbocycles. The van der Waals surface area contributed by atoms with E-state index in [0.29, 0.717) is 22.4 Å². The summed E-state index contributed by atoms with van der Waals surface area (Å²) in [5.74, 6) is -1.42. The lowest BCUT2D eigenvalue weighted by Gasteiger charge is -2.27. The number of hydrogen-bond donors (Lipinski definition) is 0. The molecule has 7 nitrogen and oxygen atoms in total. The van der Waals surface area contributed by atoms with Crippen LogP contribution in [0.5, 0.6) is 5.75 Å². The predicted molar refractivity (Wildman–Crippen MR) is 187 cm³/mol. The Hall–Kier alpha value is -6.08. The van der Waals surface area contributed by atoms with Crippen molar-refractivity contribution in [2.24, 2.45) is 0 Å². The fraction of sp³-hybridized carbons (Fsp3) is 0.143. The molecular formula is C42H36O7. The summed E-state index contributed by atoms with van der Waals surface area (Å²) >= 11 is 0. The molecule has 0 spiro atoms. The van der Waals surface area contributed by atoms with Crippen LogP contribution in [0.3, 0.4) is 0 Å². The number of hydrogen-bond acceptors (Lipinski definition) is 7. The largest absolute Gasteiger partial charge is 0.450 e. The van der Waals surface area contributed by atoms with Gasteiger partial charge in [-0.25, -0.2) is 9.59 Å². The highest BCUT2D eigenvalue weighted by Crippen LogP contribution is 2.36. The van der Waals surface area contributed by atoms with Crippen molar-refractivity contribution in [1.82, 2.24) is 0 Å². The molecule has 0 aromatic heterocycles. The zero-order chi connectivity index (χ0) is 34.6. The molecule has 246 valence electrons. The average molecular weight is 653 g/mol. The summed E-state index contributed by atoms with van der Waals surface area (Å²) in [7, 11) is 0. The Morgan fingerprint density at radius 1 is 0.612 bits per heavy atom. The van der Waals surface area contributed by atoms with Gasteiger partial charge >= 0.3 is 17.9 Å². The van der Waals surface area contributed by atoms with Gasteiger partial charge in [0.15, 0.2) is 18.0 Å². The number of carbonyl (C=O) groups excluding carboxylic acids is 4. The smallest absolute Gasteiger partial charge is 0.338 e. The van der Waals surface area contributed by atoms with Crippen LogP contribution in [-0.4, -0.2) is 23.7 Å². The van der Waals surface area contributed by atoms with Crippen LogP contribution in [0.25, 0.3) is 6.08 Å². The van der Waals surface area contributed by atoms with Gasteiger partial charge in [0.25, 0.3) is 0 Å². The third-order valence-electron chi connectivity index (χ3n) is 7.80. The highest BCUT2D eigenvalue weighted by atomic mass is 16.6. The molecule has 0 aliphatic rings. The van der Waals surface area contributed by atoms with E-state index in [0.717, 1.165) is 17.5 Å². The summed E-state index contributed by atoms with van der Waals surface area (Å²) < 4.78 is 17.1. The Morgan fingerprint density at radius 3 is 1.69 bits per heavy atom. The topological polar surface area (TPSA) is 96.0 Å². The Balaban J connectivity index is 1.31. The SMILES string of the molecule is CCc1ccc(C(=O)Cc2ccc(/C=C/C(=O)O[C@H](c3ccccc3)[C@H](OC(=O)c3ccc(OC(C)=O)cc3)c3ccccc3)cc2)cc1. The number of carbonyl (C=O) groups is 4. The van der Waals surface area contributed by atoms with Crippen LogP contribution >= 0.6 is 0 Å². The molecule has 5 aromatic rings. The molecule has 0 aliphatic heterocycles. The molecular weight excluding hydrogens is 616 g/mol. The molecule has 0 fully saturated rings. The van der Waals surface area contributed by atoms with E-state index in [2.05, 4.69) is 6.92 Å². The molecule has 0 saturated carbocycles. The third-order valence-corrected chi connectivity index (χ3v) is 7.80. The molecule has 0 heterocycles. The van der Waals surface area contributed by atoms with E-state index in [1.54, 1.807) is 30.3 Å². The summed E-state index contributed by atoms with van der Waals surface area (Å²) in [5.41, 5.74) is 4.96. The van der Waals surface area contributed by atoms with Crippen LogP contribution in [0, 0.1) is 0 Å². The number of rotatable bonds is 13. The number of aryl methyl sites for hydroxylation is 1. The second kappa shape index (κ2) is 16.7. The molecule has 7 heteroatoms. The van der Waals surface area contributed by atoms with E-state index in [1.165, 1.54) is 42.8 Å². The zero-order valence-electron chi connectivity index (χ0n) is 27.3. The Morgan fingerprint density at radius 2 is 1.14 bits per heavy atom. The second-order valence-electron chi connectivity index (χ2n) is 11.3. The first kappa shape index (κ1) is 34.3. The maximum atomic E-state index is 13.4. The molecule has 2 atom stereocenters. The van der Waals surface area contributed by atoms with Gasteiger partial charge in [0.1, 0.15) is 5.75 Å². The van der Waals surface area contributed by atoms with Crippen molar-refractivity contribution in [1.29, 1.82) is 0 Å². The first-order valence-electron chi connectivity index (χ1n) is 16.0. The molecule has 0 N–H and O–H groups in total. The number of ketones is 1. The molecule has 0 bridgehead atoms. The Bertz CT molecular complexity index is 1900. The molecule has 0 saturated heterocycles. The summed E-state index contributed by atoms with van der Waals surface area (Å²) in [4.78, 5) is 50.7. The maximum absolute atomic E-state index is 13.4. The highest BCUT2D eigenvalue weighted by Gasteiger charge is 2.32. The number of esters is 3. The minimum Gasteiger partial charge on any atom is -0.450 e. The maximum Gasteiger partial charge on any atom is 0.338 e. The van der Waals surface area contributed by atoms with Gasteiger partial charge < -0.3 is 14.2 Å². The highest BCUT2D eigenvalue weighted by molar-refractivity contribution is 5.97. The van der Waals surface area contributed by atoms with Crippen molar-refractivity contribution < 1.29 is 33.4 Å². The van der Waals surface area contributed by atoms with E-state index in [9.17, 15) is 19.2 Å². The summed E-state index contributed by atoms with van der Waals surface area (Å²) in [6.45, 7) is 3.37. The number of benzene rings is 5. The average Bonchev–Trinajstić information content (AvgIpc) is 3.13. The summed E-state index contributed by atoms with van der Waals surface area (Å²) in [6, 6.07) is 39.2. The minimum atomic E-state index is -0.989. The molecule has 0 unspecified atom stereocenters. The van der Waals surface area contributed by atoms with Crippen molar-refractivity contribution in [3.05, 3.63) is 178 Å². The lowest BCUT2D eigenvalue weighted by Crippen LogP contribution is -2.23. The molecule has 0 amide bonds. The van der Waals surface area contributed by atoms with Crippen molar-refractivity contribution in [3.8, 4) is 5.75 Å². The van der Waals surface area contributed by atoms with Crippen LogP contribution in [0.2, 0.25) is 0 Å². The van der Waals surface area contributed by atoms with Crippen molar-refractivity contribution >= 4 is 29.8 Å². The van der Waals surface area contributed by atoms with Gasteiger partial charge in [0, 0.05) is 25.0 Å². The lowest BCUT2D eigenvalue weighted by atomic mass is 9.97. The van der Waals surface area contributed by atoms with Gasteiger partial charge in [0.2, 0.25) is 0 Å². The fourth-order valence-electron chi connectivity index (χ4n) is 5.19. The quantitative estimate of drug-likeness (QED) is 0.0545. The van der Waals surface area contributed by atoms with Crippen molar-refractivity contribution in [2.75, 3.05) is 0 Å².